The number of nitrogens with one attached hydrogen (secondary N) is 1. The normalized spacial score (nSPS) is 19.6. The van der Waals surface area contributed by atoms with E-state index in [-0.39, 0.29) is 0 Å². The Morgan fingerprint density at radius 1 is 1.35 bits per heavy atom. The summed E-state index contributed by atoms with van der Waals surface area (Å²) in [5.74, 6) is 0. The Morgan fingerprint density at radius 2 is 2.20 bits per heavy atom. The molecular weight excluding hydrogens is 286 g/mol. The summed E-state index contributed by atoms with van der Waals surface area (Å²) in [6.07, 6.45) is 4.78. The molecule has 2 atom stereocenters. The standard InChI is InChI=1S/C17H20ClNS/c1-12(11-13-5-2-3-6-15(13)18)19-16-7-4-8-17-14(16)9-10-20-17/h2-3,5-6,9-10,12,16,19H,4,7-8,11H2,1H3. The first-order valence-electron chi connectivity index (χ1n) is 7.30. The predicted molar refractivity (Wildman–Crippen MR) is 87.8 cm³/mol. The van der Waals surface area contributed by atoms with Crippen LogP contribution in [0.15, 0.2) is 35.7 Å². The molecule has 1 aliphatic rings. The number of aryl methyl sites for hydroxylation is 1. The van der Waals surface area contributed by atoms with Crippen molar-refractivity contribution in [1.82, 2.24) is 5.32 Å². The van der Waals surface area contributed by atoms with E-state index >= 15 is 0 Å². The lowest BCUT2D eigenvalue weighted by molar-refractivity contribution is 0.409. The molecule has 1 aliphatic carbocycles. The lowest BCUT2D eigenvalue weighted by Crippen LogP contribution is -2.33. The molecule has 1 aromatic carbocycles. The third-order valence-electron chi connectivity index (χ3n) is 4.02. The Morgan fingerprint density at radius 3 is 3.05 bits per heavy atom. The number of rotatable bonds is 4. The lowest BCUT2D eigenvalue weighted by Gasteiger charge is -2.27. The summed E-state index contributed by atoms with van der Waals surface area (Å²) in [5.41, 5.74) is 2.75. The highest BCUT2D eigenvalue weighted by Gasteiger charge is 2.22. The van der Waals surface area contributed by atoms with Gasteiger partial charge in [-0.3, -0.25) is 0 Å². The Hall–Kier alpha value is -0.830. The fourth-order valence-electron chi connectivity index (χ4n) is 3.06. The lowest BCUT2D eigenvalue weighted by atomic mass is 9.93. The molecule has 0 saturated carbocycles. The van der Waals surface area contributed by atoms with Crippen molar-refractivity contribution < 1.29 is 0 Å². The minimum atomic E-state index is 0.436. The van der Waals surface area contributed by atoms with Gasteiger partial charge in [0.05, 0.1) is 0 Å². The predicted octanol–water partition coefficient (Wildman–Crippen LogP) is 5.00. The summed E-state index contributed by atoms with van der Waals surface area (Å²) in [6, 6.07) is 11.4. The highest BCUT2D eigenvalue weighted by molar-refractivity contribution is 7.10. The summed E-state index contributed by atoms with van der Waals surface area (Å²) in [7, 11) is 0. The van der Waals surface area contributed by atoms with Crippen molar-refractivity contribution in [3.8, 4) is 0 Å². The summed E-state index contributed by atoms with van der Waals surface area (Å²) < 4.78 is 0. The second-order valence-corrected chi connectivity index (χ2v) is 7.02. The fraction of sp³-hybridized carbons (Fsp3) is 0.412. The van der Waals surface area contributed by atoms with Gasteiger partial charge in [0, 0.05) is 22.0 Å². The van der Waals surface area contributed by atoms with Crippen LogP contribution in [0.3, 0.4) is 0 Å². The van der Waals surface area contributed by atoms with Gasteiger partial charge in [-0.05, 0) is 61.2 Å². The Labute approximate surface area is 130 Å². The van der Waals surface area contributed by atoms with Crippen LogP contribution in [0.2, 0.25) is 5.02 Å². The molecule has 1 nitrogen and oxygen atoms in total. The van der Waals surface area contributed by atoms with Gasteiger partial charge in [0.25, 0.3) is 0 Å². The van der Waals surface area contributed by atoms with Crippen LogP contribution in [0.25, 0.3) is 0 Å². The van der Waals surface area contributed by atoms with Crippen LogP contribution in [0.4, 0.5) is 0 Å². The van der Waals surface area contributed by atoms with Gasteiger partial charge < -0.3 is 5.32 Å². The van der Waals surface area contributed by atoms with Crippen molar-refractivity contribution in [1.29, 1.82) is 0 Å². The maximum absolute atomic E-state index is 6.25. The average Bonchev–Trinajstić information content (AvgIpc) is 2.91. The molecule has 0 bridgehead atoms. The molecule has 0 saturated heterocycles. The number of fused-ring (bicyclic) bond motifs is 1. The molecule has 2 aromatic rings. The van der Waals surface area contributed by atoms with Crippen molar-refractivity contribution >= 4 is 22.9 Å². The summed E-state index contributed by atoms with van der Waals surface area (Å²) in [5, 5.41) is 6.89. The summed E-state index contributed by atoms with van der Waals surface area (Å²) in [6.45, 7) is 2.25. The monoisotopic (exact) mass is 305 g/mol. The smallest absolute Gasteiger partial charge is 0.0438 e. The van der Waals surface area contributed by atoms with Crippen molar-refractivity contribution in [2.24, 2.45) is 0 Å². The van der Waals surface area contributed by atoms with E-state index in [1.165, 1.54) is 30.4 Å². The maximum Gasteiger partial charge on any atom is 0.0438 e. The highest BCUT2D eigenvalue weighted by Crippen LogP contribution is 2.33. The van der Waals surface area contributed by atoms with Gasteiger partial charge in [-0.2, -0.15) is 0 Å². The first-order chi connectivity index (χ1) is 9.74. The van der Waals surface area contributed by atoms with Gasteiger partial charge >= 0.3 is 0 Å². The van der Waals surface area contributed by atoms with Gasteiger partial charge in [0.2, 0.25) is 0 Å². The van der Waals surface area contributed by atoms with Crippen molar-refractivity contribution in [3.63, 3.8) is 0 Å². The summed E-state index contributed by atoms with van der Waals surface area (Å²) >= 11 is 8.15. The molecule has 1 N–H and O–H groups in total. The van der Waals surface area contributed by atoms with Crippen LogP contribution < -0.4 is 5.32 Å². The second-order valence-electron chi connectivity index (χ2n) is 5.61. The maximum atomic E-state index is 6.25. The van der Waals surface area contributed by atoms with Gasteiger partial charge in [0.1, 0.15) is 0 Å². The summed E-state index contributed by atoms with van der Waals surface area (Å²) in [4.78, 5) is 1.57. The second kappa shape index (κ2) is 6.30. The molecule has 0 aliphatic heterocycles. The minimum absolute atomic E-state index is 0.436. The van der Waals surface area contributed by atoms with Crippen LogP contribution in [-0.4, -0.2) is 6.04 Å². The van der Waals surface area contributed by atoms with Crippen molar-refractivity contribution in [3.05, 3.63) is 56.7 Å². The van der Waals surface area contributed by atoms with E-state index in [2.05, 4.69) is 35.8 Å². The quantitative estimate of drug-likeness (QED) is 0.838. The van der Waals surface area contributed by atoms with E-state index in [0.717, 1.165) is 11.4 Å². The van der Waals surface area contributed by atoms with E-state index in [9.17, 15) is 0 Å². The third-order valence-corrected chi connectivity index (χ3v) is 5.39. The number of benzene rings is 1. The third kappa shape index (κ3) is 3.08. The SMILES string of the molecule is CC(Cc1ccccc1Cl)NC1CCCc2sccc21. The van der Waals surface area contributed by atoms with Crippen LogP contribution in [-0.2, 0) is 12.8 Å². The van der Waals surface area contributed by atoms with E-state index in [1.807, 2.05) is 23.5 Å². The number of hydrogen-bond donors (Lipinski definition) is 1. The van der Waals surface area contributed by atoms with Crippen LogP contribution in [0.5, 0.6) is 0 Å². The molecule has 1 aromatic heterocycles. The van der Waals surface area contributed by atoms with Crippen LogP contribution in [0.1, 0.15) is 41.8 Å². The first kappa shape index (κ1) is 14.1. The fourth-order valence-corrected chi connectivity index (χ4v) is 4.26. The largest absolute Gasteiger partial charge is 0.307 e. The number of halogens is 1. The minimum Gasteiger partial charge on any atom is -0.307 e. The molecule has 1 heterocycles. The molecule has 0 spiro atoms. The van der Waals surface area contributed by atoms with E-state index in [0.29, 0.717) is 12.1 Å². The molecule has 0 amide bonds. The van der Waals surface area contributed by atoms with Gasteiger partial charge in [-0.25, -0.2) is 0 Å². The number of thiophene rings is 1. The zero-order valence-corrected chi connectivity index (χ0v) is 13.3. The topological polar surface area (TPSA) is 12.0 Å². The van der Waals surface area contributed by atoms with Gasteiger partial charge in [-0.1, -0.05) is 29.8 Å². The molecule has 3 rings (SSSR count). The molecule has 0 fully saturated rings. The zero-order chi connectivity index (χ0) is 13.9. The molecule has 106 valence electrons. The van der Waals surface area contributed by atoms with Crippen molar-refractivity contribution in [2.75, 3.05) is 0 Å². The Kier molecular flexibility index (Phi) is 4.45. The molecule has 2 unspecified atom stereocenters. The Balaban J connectivity index is 1.66. The van der Waals surface area contributed by atoms with E-state index < -0.39 is 0 Å². The zero-order valence-electron chi connectivity index (χ0n) is 11.7. The molecule has 3 heteroatoms. The first-order valence-corrected chi connectivity index (χ1v) is 8.55. The number of hydrogen-bond acceptors (Lipinski definition) is 2. The van der Waals surface area contributed by atoms with Gasteiger partial charge in [0.15, 0.2) is 0 Å². The van der Waals surface area contributed by atoms with Crippen LogP contribution in [0, 0.1) is 0 Å². The van der Waals surface area contributed by atoms with Crippen LogP contribution >= 0.6 is 22.9 Å². The molecular formula is C17H20ClNS. The average molecular weight is 306 g/mol. The highest BCUT2D eigenvalue weighted by atomic mass is 35.5. The molecule has 20 heavy (non-hydrogen) atoms. The molecule has 0 radical (unpaired) electrons. The van der Waals surface area contributed by atoms with E-state index in [1.54, 1.807) is 4.88 Å². The van der Waals surface area contributed by atoms with E-state index in [4.69, 9.17) is 11.6 Å². The Bertz CT molecular complexity index is 578. The van der Waals surface area contributed by atoms with Gasteiger partial charge in [-0.15, -0.1) is 11.3 Å². The van der Waals surface area contributed by atoms with Crippen molar-refractivity contribution in [2.45, 2.75) is 44.7 Å².